The van der Waals surface area contributed by atoms with Crippen LogP contribution in [0.4, 0.5) is 0 Å². The molecule has 0 radical (unpaired) electrons. The molecule has 1 aromatic carbocycles. The Morgan fingerprint density at radius 2 is 1.90 bits per heavy atom. The molecule has 0 bridgehead atoms. The van der Waals surface area contributed by atoms with E-state index in [0.717, 1.165) is 25.4 Å². The Morgan fingerprint density at radius 1 is 1.20 bits per heavy atom. The fourth-order valence-electron chi connectivity index (χ4n) is 2.49. The largest absolute Gasteiger partial charge is 0.496 e. The number of hydrogen-bond donors (Lipinski definition) is 1. The second-order valence-electron chi connectivity index (χ2n) is 5.51. The van der Waals surface area contributed by atoms with Crippen molar-refractivity contribution >= 4 is 0 Å². The van der Waals surface area contributed by atoms with Gasteiger partial charge in [0, 0.05) is 24.2 Å². The molecule has 3 heteroatoms. The maximum atomic E-state index is 5.52. The van der Waals surface area contributed by atoms with Gasteiger partial charge in [0.2, 0.25) is 0 Å². The SMILES string of the molecule is CCNC(C)c1ccc(OC)c(CN(CC)C(C)C)c1. The maximum Gasteiger partial charge on any atom is 0.123 e. The van der Waals surface area contributed by atoms with Crippen LogP contribution in [0.25, 0.3) is 0 Å². The van der Waals surface area contributed by atoms with E-state index in [-0.39, 0.29) is 0 Å². The van der Waals surface area contributed by atoms with E-state index in [4.69, 9.17) is 4.74 Å². The summed E-state index contributed by atoms with van der Waals surface area (Å²) in [5.74, 6) is 0.983. The lowest BCUT2D eigenvalue weighted by molar-refractivity contribution is 0.221. The number of methoxy groups -OCH3 is 1. The maximum absolute atomic E-state index is 5.52. The van der Waals surface area contributed by atoms with Crippen molar-refractivity contribution in [2.75, 3.05) is 20.2 Å². The molecule has 114 valence electrons. The molecule has 0 spiro atoms. The van der Waals surface area contributed by atoms with Gasteiger partial charge in [0.25, 0.3) is 0 Å². The highest BCUT2D eigenvalue weighted by atomic mass is 16.5. The monoisotopic (exact) mass is 278 g/mol. The van der Waals surface area contributed by atoms with E-state index in [1.54, 1.807) is 7.11 Å². The second kappa shape index (κ2) is 8.28. The number of hydrogen-bond acceptors (Lipinski definition) is 3. The number of nitrogens with zero attached hydrogens (tertiary/aromatic N) is 1. The van der Waals surface area contributed by atoms with Crippen LogP contribution in [0, 0.1) is 0 Å². The summed E-state index contributed by atoms with van der Waals surface area (Å²) in [5.41, 5.74) is 2.59. The third-order valence-electron chi connectivity index (χ3n) is 3.82. The summed E-state index contributed by atoms with van der Waals surface area (Å²) in [6.45, 7) is 14.0. The third-order valence-corrected chi connectivity index (χ3v) is 3.82. The summed E-state index contributed by atoms with van der Waals surface area (Å²) >= 11 is 0. The van der Waals surface area contributed by atoms with Gasteiger partial charge in [-0.15, -0.1) is 0 Å². The second-order valence-corrected chi connectivity index (χ2v) is 5.51. The molecule has 1 unspecified atom stereocenters. The normalized spacial score (nSPS) is 13.0. The van der Waals surface area contributed by atoms with Crippen molar-refractivity contribution in [3.05, 3.63) is 29.3 Å². The molecule has 0 heterocycles. The zero-order chi connectivity index (χ0) is 15.1. The molecule has 0 saturated carbocycles. The molecule has 0 fully saturated rings. The van der Waals surface area contributed by atoms with E-state index >= 15 is 0 Å². The van der Waals surface area contributed by atoms with E-state index in [1.165, 1.54) is 11.1 Å². The van der Waals surface area contributed by atoms with Gasteiger partial charge in [0.15, 0.2) is 0 Å². The van der Waals surface area contributed by atoms with Crippen molar-refractivity contribution in [1.29, 1.82) is 0 Å². The highest BCUT2D eigenvalue weighted by Crippen LogP contribution is 2.25. The average molecular weight is 278 g/mol. The molecular formula is C17H30N2O. The Labute approximate surface area is 124 Å². The van der Waals surface area contributed by atoms with E-state index in [9.17, 15) is 0 Å². The molecule has 0 aromatic heterocycles. The van der Waals surface area contributed by atoms with Crippen LogP contribution in [0.3, 0.4) is 0 Å². The fraction of sp³-hybridized carbons (Fsp3) is 0.647. The van der Waals surface area contributed by atoms with Gasteiger partial charge in [-0.2, -0.15) is 0 Å². The van der Waals surface area contributed by atoms with Gasteiger partial charge in [-0.25, -0.2) is 0 Å². The first-order chi connectivity index (χ1) is 9.53. The standard InChI is InChI=1S/C17H30N2O/c1-7-18-14(5)15-9-10-17(20-6)16(11-15)12-19(8-2)13(3)4/h9-11,13-14,18H,7-8,12H2,1-6H3. The zero-order valence-corrected chi connectivity index (χ0v) is 13.9. The summed E-state index contributed by atoms with van der Waals surface area (Å²) in [4.78, 5) is 2.44. The van der Waals surface area contributed by atoms with Crippen LogP contribution in [-0.4, -0.2) is 31.1 Å². The summed E-state index contributed by atoms with van der Waals surface area (Å²) in [6.07, 6.45) is 0. The van der Waals surface area contributed by atoms with Crippen LogP contribution < -0.4 is 10.1 Å². The van der Waals surface area contributed by atoms with Gasteiger partial charge in [-0.05, 0) is 51.6 Å². The molecule has 0 amide bonds. The molecule has 0 aliphatic carbocycles. The minimum Gasteiger partial charge on any atom is -0.496 e. The molecular weight excluding hydrogens is 248 g/mol. The highest BCUT2D eigenvalue weighted by molar-refractivity contribution is 5.38. The van der Waals surface area contributed by atoms with Gasteiger partial charge in [0.05, 0.1) is 7.11 Å². The van der Waals surface area contributed by atoms with Crippen molar-refractivity contribution in [3.63, 3.8) is 0 Å². The third kappa shape index (κ3) is 4.50. The van der Waals surface area contributed by atoms with Gasteiger partial charge in [-0.3, -0.25) is 4.90 Å². The zero-order valence-electron chi connectivity index (χ0n) is 13.9. The van der Waals surface area contributed by atoms with Gasteiger partial charge >= 0.3 is 0 Å². The molecule has 1 N–H and O–H groups in total. The highest BCUT2D eigenvalue weighted by Gasteiger charge is 2.13. The topological polar surface area (TPSA) is 24.5 Å². The van der Waals surface area contributed by atoms with E-state index in [1.807, 2.05) is 0 Å². The number of benzene rings is 1. The number of nitrogens with one attached hydrogen (secondary N) is 1. The van der Waals surface area contributed by atoms with Crippen LogP contribution in [-0.2, 0) is 6.54 Å². The van der Waals surface area contributed by atoms with Crippen LogP contribution in [0.1, 0.15) is 51.8 Å². The molecule has 3 nitrogen and oxygen atoms in total. The number of rotatable bonds is 8. The predicted octanol–water partition coefficient (Wildman–Crippen LogP) is 3.60. The molecule has 0 aliphatic heterocycles. The summed E-state index contributed by atoms with van der Waals surface area (Å²) < 4.78 is 5.52. The smallest absolute Gasteiger partial charge is 0.123 e. The van der Waals surface area contributed by atoms with Crippen LogP contribution in [0.15, 0.2) is 18.2 Å². The fourth-order valence-corrected chi connectivity index (χ4v) is 2.49. The molecule has 1 rings (SSSR count). The molecule has 1 aromatic rings. The van der Waals surface area contributed by atoms with E-state index in [0.29, 0.717) is 12.1 Å². The average Bonchev–Trinajstić information content (AvgIpc) is 2.44. The summed E-state index contributed by atoms with van der Waals surface area (Å²) in [5, 5.41) is 3.46. The van der Waals surface area contributed by atoms with Crippen molar-refractivity contribution < 1.29 is 4.74 Å². The quantitative estimate of drug-likeness (QED) is 0.786. The Balaban J connectivity index is 2.99. The van der Waals surface area contributed by atoms with Crippen LogP contribution in [0.5, 0.6) is 5.75 Å². The first-order valence-corrected chi connectivity index (χ1v) is 7.67. The van der Waals surface area contributed by atoms with Crippen molar-refractivity contribution in [2.45, 2.75) is 53.2 Å². The van der Waals surface area contributed by atoms with E-state index in [2.05, 4.69) is 63.0 Å². The Morgan fingerprint density at radius 3 is 2.40 bits per heavy atom. The minimum atomic E-state index is 0.374. The first kappa shape index (κ1) is 17.0. The van der Waals surface area contributed by atoms with Gasteiger partial charge in [0.1, 0.15) is 5.75 Å². The minimum absolute atomic E-state index is 0.374. The summed E-state index contributed by atoms with van der Waals surface area (Å²) in [7, 11) is 1.75. The lowest BCUT2D eigenvalue weighted by Crippen LogP contribution is -2.30. The lowest BCUT2D eigenvalue weighted by Gasteiger charge is -2.26. The number of ether oxygens (including phenoxy) is 1. The molecule has 1 atom stereocenters. The van der Waals surface area contributed by atoms with Crippen molar-refractivity contribution in [3.8, 4) is 5.75 Å². The molecule has 0 saturated heterocycles. The Hall–Kier alpha value is -1.06. The van der Waals surface area contributed by atoms with Gasteiger partial charge in [-0.1, -0.05) is 19.9 Å². The van der Waals surface area contributed by atoms with Crippen molar-refractivity contribution in [2.24, 2.45) is 0 Å². The molecule has 0 aliphatic rings. The Bertz CT molecular complexity index is 404. The van der Waals surface area contributed by atoms with E-state index < -0.39 is 0 Å². The summed E-state index contributed by atoms with van der Waals surface area (Å²) in [6, 6.07) is 7.43. The lowest BCUT2D eigenvalue weighted by atomic mass is 10.0. The van der Waals surface area contributed by atoms with Crippen LogP contribution in [0.2, 0.25) is 0 Å². The van der Waals surface area contributed by atoms with Crippen molar-refractivity contribution in [1.82, 2.24) is 10.2 Å². The van der Waals surface area contributed by atoms with Gasteiger partial charge < -0.3 is 10.1 Å². The first-order valence-electron chi connectivity index (χ1n) is 7.67. The predicted molar refractivity (Wildman–Crippen MR) is 86.3 cm³/mol. The Kier molecular flexibility index (Phi) is 7.03. The van der Waals surface area contributed by atoms with Crippen LogP contribution >= 0.6 is 0 Å². The molecule has 20 heavy (non-hydrogen) atoms.